The summed E-state index contributed by atoms with van der Waals surface area (Å²) in [6.45, 7) is 4.35. The Morgan fingerprint density at radius 2 is 1.72 bits per heavy atom. The summed E-state index contributed by atoms with van der Waals surface area (Å²) in [7, 11) is 0. The summed E-state index contributed by atoms with van der Waals surface area (Å²) in [6, 6.07) is 19.1. The van der Waals surface area contributed by atoms with Crippen LogP contribution in [0.2, 0.25) is 0 Å². The van der Waals surface area contributed by atoms with Crippen LogP contribution in [0, 0.1) is 12.8 Å². The summed E-state index contributed by atoms with van der Waals surface area (Å²) in [6.07, 6.45) is 1.03. The van der Waals surface area contributed by atoms with Crippen molar-refractivity contribution in [3.05, 3.63) is 71.3 Å². The second-order valence-electron chi connectivity index (χ2n) is 5.11. The predicted octanol–water partition coefficient (Wildman–Crippen LogP) is 3.87. The van der Waals surface area contributed by atoms with E-state index in [2.05, 4.69) is 62.4 Å². The van der Waals surface area contributed by atoms with Gasteiger partial charge in [-0.3, -0.25) is 0 Å². The van der Waals surface area contributed by atoms with Gasteiger partial charge in [0.25, 0.3) is 0 Å². The van der Waals surface area contributed by atoms with Gasteiger partial charge in [-0.2, -0.15) is 0 Å². The van der Waals surface area contributed by atoms with Gasteiger partial charge in [0.05, 0.1) is 0 Å². The van der Waals surface area contributed by atoms with Crippen molar-refractivity contribution in [2.24, 2.45) is 11.7 Å². The van der Waals surface area contributed by atoms with E-state index in [0.29, 0.717) is 5.92 Å². The quantitative estimate of drug-likeness (QED) is 0.861. The molecule has 2 aromatic carbocycles. The van der Waals surface area contributed by atoms with Gasteiger partial charge in [0.2, 0.25) is 0 Å². The molecule has 0 aliphatic carbocycles. The molecule has 0 spiro atoms. The first kappa shape index (κ1) is 12.8. The largest absolute Gasteiger partial charge is 0.324 e. The molecule has 0 saturated heterocycles. The first-order valence-electron chi connectivity index (χ1n) is 6.53. The van der Waals surface area contributed by atoms with Crippen LogP contribution >= 0.6 is 0 Å². The maximum atomic E-state index is 6.32. The van der Waals surface area contributed by atoms with Crippen molar-refractivity contribution in [2.45, 2.75) is 26.3 Å². The van der Waals surface area contributed by atoms with Crippen LogP contribution in [0.15, 0.2) is 54.6 Å². The molecule has 0 aliphatic heterocycles. The third-order valence-electron chi connectivity index (χ3n) is 3.44. The van der Waals surface area contributed by atoms with Gasteiger partial charge in [-0.1, -0.05) is 67.1 Å². The molecule has 0 amide bonds. The fourth-order valence-corrected chi connectivity index (χ4v) is 2.34. The average Bonchev–Trinajstić information content (AvgIpc) is 2.39. The summed E-state index contributed by atoms with van der Waals surface area (Å²) < 4.78 is 0. The molecule has 0 heterocycles. The first-order valence-corrected chi connectivity index (χ1v) is 6.53. The van der Waals surface area contributed by atoms with Gasteiger partial charge in [0.15, 0.2) is 0 Å². The molecule has 2 N–H and O–H groups in total. The van der Waals surface area contributed by atoms with Crippen molar-refractivity contribution in [3.8, 4) is 0 Å². The number of benzene rings is 2. The van der Waals surface area contributed by atoms with Gasteiger partial charge >= 0.3 is 0 Å². The Balaban J connectivity index is 2.06. The molecule has 2 aromatic rings. The summed E-state index contributed by atoms with van der Waals surface area (Å²) in [4.78, 5) is 0. The highest BCUT2D eigenvalue weighted by molar-refractivity contribution is 5.24. The highest BCUT2D eigenvalue weighted by Crippen LogP contribution is 2.22. The third kappa shape index (κ3) is 3.21. The maximum absolute atomic E-state index is 6.32. The zero-order chi connectivity index (χ0) is 13.0. The Hall–Kier alpha value is -1.60. The normalized spacial score (nSPS) is 14.2. The van der Waals surface area contributed by atoms with Gasteiger partial charge in [0.1, 0.15) is 0 Å². The molecule has 1 heteroatoms. The standard InChI is InChI=1S/C17H21N/c1-13-7-6-8-15(11-13)12-14(2)17(18)16-9-4-3-5-10-16/h3-11,14,17H,12,18H2,1-2H3. The Morgan fingerprint density at radius 3 is 2.39 bits per heavy atom. The van der Waals surface area contributed by atoms with Crippen LogP contribution in [0.25, 0.3) is 0 Å². The lowest BCUT2D eigenvalue weighted by Gasteiger charge is -2.20. The lowest BCUT2D eigenvalue weighted by Crippen LogP contribution is -2.20. The molecular formula is C17H21N. The van der Waals surface area contributed by atoms with Crippen molar-refractivity contribution in [1.82, 2.24) is 0 Å². The molecule has 1 nitrogen and oxygen atoms in total. The van der Waals surface area contributed by atoms with Crippen LogP contribution < -0.4 is 5.73 Å². The fourth-order valence-electron chi connectivity index (χ4n) is 2.34. The molecule has 0 radical (unpaired) electrons. The minimum Gasteiger partial charge on any atom is -0.324 e. The third-order valence-corrected chi connectivity index (χ3v) is 3.44. The summed E-state index contributed by atoms with van der Waals surface area (Å²) >= 11 is 0. The van der Waals surface area contributed by atoms with Gasteiger partial charge in [0, 0.05) is 6.04 Å². The molecule has 2 atom stereocenters. The highest BCUT2D eigenvalue weighted by atomic mass is 14.6. The van der Waals surface area contributed by atoms with Crippen LogP contribution in [0.1, 0.15) is 29.7 Å². The SMILES string of the molecule is Cc1cccc(CC(C)C(N)c2ccccc2)c1. The second-order valence-corrected chi connectivity index (χ2v) is 5.11. The van der Waals surface area contributed by atoms with E-state index in [1.54, 1.807) is 0 Å². The smallest absolute Gasteiger partial charge is 0.0324 e. The van der Waals surface area contributed by atoms with E-state index in [4.69, 9.17) is 5.73 Å². The van der Waals surface area contributed by atoms with Crippen molar-refractivity contribution in [1.29, 1.82) is 0 Å². The van der Waals surface area contributed by atoms with Crippen LogP contribution in [0.5, 0.6) is 0 Å². The number of aryl methyl sites for hydroxylation is 1. The van der Waals surface area contributed by atoms with E-state index in [9.17, 15) is 0 Å². The summed E-state index contributed by atoms with van der Waals surface area (Å²) in [5, 5.41) is 0. The summed E-state index contributed by atoms with van der Waals surface area (Å²) in [5.41, 5.74) is 10.2. The summed E-state index contributed by atoms with van der Waals surface area (Å²) in [5.74, 6) is 0.439. The van der Waals surface area contributed by atoms with Crippen molar-refractivity contribution >= 4 is 0 Å². The van der Waals surface area contributed by atoms with Crippen molar-refractivity contribution < 1.29 is 0 Å². The van der Waals surface area contributed by atoms with Gasteiger partial charge in [-0.05, 0) is 30.4 Å². The van der Waals surface area contributed by atoms with Gasteiger partial charge in [-0.25, -0.2) is 0 Å². The molecule has 0 aliphatic rings. The fraction of sp³-hybridized carbons (Fsp3) is 0.294. The Bertz CT molecular complexity index is 490. The van der Waals surface area contributed by atoms with E-state index in [1.807, 2.05) is 6.07 Å². The van der Waals surface area contributed by atoms with E-state index < -0.39 is 0 Å². The lowest BCUT2D eigenvalue weighted by atomic mass is 9.89. The Kier molecular flexibility index (Phi) is 4.16. The minimum absolute atomic E-state index is 0.103. The van der Waals surface area contributed by atoms with E-state index in [-0.39, 0.29) is 6.04 Å². The monoisotopic (exact) mass is 239 g/mol. The zero-order valence-corrected chi connectivity index (χ0v) is 11.1. The maximum Gasteiger partial charge on any atom is 0.0324 e. The molecule has 2 rings (SSSR count). The van der Waals surface area contributed by atoms with Crippen molar-refractivity contribution in [2.75, 3.05) is 0 Å². The Labute approximate surface area is 110 Å². The van der Waals surface area contributed by atoms with Gasteiger partial charge < -0.3 is 5.73 Å². The van der Waals surface area contributed by atoms with E-state index >= 15 is 0 Å². The number of hydrogen-bond donors (Lipinski definition) is 1. The highest BCUT2D eigenvalue weighted by Gasteiger charge is 2.14. The average molecular weight is 239 g/mol. The molecule has 2 unspecified atom stereocenters. The van der Waals surface area contributed by atoms with E-state index in [0.717, 1.165) is 6.42 Å². The van der Waals surface area contributed by atoms with Crippen LogP contribution in [-0.2, 0) is 6.42 Å². The zero-order valence-electron chi connectivity index (χ0n) is 11.1. The molecule has 94 valence electrons. The lowest BCUT2D eigenvalue weighted by molar-refractivity contribution is 0.468. The Morgan fingerprint density at radius 1 is 1.00 bits per heavy atom. The number of hydrogen-bond acceptors (Lipinski definition) is 1. The molecular weight excluding hydrogens is 218 g/mol. The van der Waals surface area contributed by atoms with Gasteiger partial charge in [-0.15, -0.1) is 0 Å². The van der Waals surface area contributed by atoms with Crippen LogP contribution in [0.3, 0.4) is 0 Å². The predicted molar refractivity (Wildman–Crippen MR) is 77.4 cm³/mol. The van der Waals surface area contributed by atoms with E-state index in [1.165, 1.54) is 16.7 Å². The molecule has 18 heavy (non-hydrogen) atoms. The molecule has 0 saturated carbocycles. The number of nitrogens with two attached hydrogens (primary N) is 1. The van der Waals surface area contributed by atoms with Crippen molar-refractivity contribution in [3.63, 3.8) is 0 Å². The minimum atomic E-state index is 0.103. The first-order chi connectivity index (χ1) is 8.66. The number of rotatable bonds is 4. The van der Waals surface area contributed by atoms with Crippen LogP contribution in [-0.4, -0.2) is 0 Å². The molecule has 0 bridgehead atoms. The molecule has 0 aromatic heterocycles. The second kappa shape index (κ2) is 5.83. The molecule has 0 fully saturated rings. The van der Waals surface area contributed by atoms with Crippen LogP contribution in [0.4, 0.5) is 0 Å². The topological polar surface area (TPSA) is 26.0 Å².